The number of nitrogens with zero attached hydrogens (tertiary/aromatic N) is 4. The number of carbonyl (C=O) groups excluding carboxylic acids is 1. The highest BCUT2D eigenvalue weighted by Gasteiger charge is 2.25. The van der Waals surface area contributed by atoms with E-state index in [-0.39, 0.29) is 56.2 Å². The van der Waals surface area contributed by atoms with Crippen LogP contribution >= 0.6 is 43.6 Å². The van der Waals surface area contributed by atoms with E-state index in [0.29, 0.717) is 20.3 Å². The molecule has 3 N–H and O–H groups in total. The van der Waals surface area contributed by atoms with Crippen LogP contribution in [-0.4, -0.2) is 42.9 Å². The van der Waals surface area contributed by atoms with Crippen molar-refractivity contribution < 1.29 is 23.9 Å². The summed E-state index contributed by atoms with van der Waals surface area (Å²) < 4.78 is 16.9. The van der Waals surface area contributed by atoms with Crippen molar-refractivity contribution in [3.63, 3.8) is 0 Å². The number of halogens is 2. The lowest BCUT2D eigenvalue weighted by atomic mass is 9.96. The van der Waals surface area contributed by atoms with Gasteiger partial charge in [0.2, 0.25) is 11.7 Å². The lowest BCUT2D eigenvalue weighted by Crippen LogP contribution is -2.16. The minimum Gasteiger partial charge on any atom is -0.493 e. The van der Waals surface area contributed by atoms with Gasteiger partial charge in [-0.2, -0.15) is 10.5 Å². The molecule has 0 aliphatic rings. The number of nitrogens with one attached hydrogen (secondary N) is 1. The first-order chi connectivity index (χ1) is 18.6. The number of nitrogens with two attached hydrogens (primary N) is 1. The van der Waals surface area contributed by atoms with Crippen molar-refractivity contribution in [2.24, 2.45) is 0 Å². The van der Waals surface area contributed by atoms with Gasteiger partial charge in [-0.1, -0.05) is 27.7 Å². The van der Waals surface area contributed by atoms with E-state index in [1.807, 2.05) is 12.1 Å². The first kappa shape index (κ1) is 29.5. The maximum atomic E-state index is 12.8. The van der Waals surface area contributed by atoms with Crippen molar-refractivity contribution >= 4 is 66.7 Å². The number of carbonyl (C=O) groups is 1. The number of nitrogen functional groups attached to an aromatic ring is 1. The maximum absolute atomic E-state index is 12.8. The number of ether oxygens (including phenoxy) is 3. The van der Waals surface area contributed by atoms with Gasteiger partial charge in [0.25, 0.3) is 5.69 Å². The molecule has 0 bridgehead atoms. The molecule has 0 fully saturated rings. The van der Waals surface area contributed by atoms with Gasteiger partial charge in [0.1, 0.15) is 34.2 Å². The van der Waals surface area contributed by atoms with Crippen LogP contribution in [0.15, 0.2) is 38.2 Å². The molecule has 12 nitrogen and oxygen atoms in total. The fraction of sp³-hybridized carbons (Fsp3) is 0.167. The summed E-state index contributed by atoms with van der Waals surface area (Å²) in [5.74, 6) is -0.164. The standard InChI is InChI=1S/C24H18Br2N6O6S/c1-36-17-4-11(5-18(37-2)22(17)38-3)20-13(8-27)23(29)31-24(14(20)9-28)39-10-19(33)30-21-15(26)6-12(25)7-16(21)32(34)35/h4-7H,10H2,1-3H3,(H2,29,31)(H,30,33). The molecule has 15 heteroatoms. The number of thioether (sulfide) groups is 1. The first-order valence-electron chi connectivity index (χ1n) is 10.6. The Hall–Kier alpha value is -4.05. The summed E-state index contributed by atoms with van der Waals surface area (Å²) in [6.45, 7) is 0. The maximum Gasteiger partial charge on any atom is 0.295 e. The fourth-order valence-electron chi connectivity index (χ4n) is 3.55. The van der Waals surface area contributed by atoms with E-state index in [4.69, 9.17) is 19.9 Å². The monoisotopic (exact) mass is 676 g/mol. The van der Waals surface area contributed by atoms with Crippen molar-refractivity contribution in [3.8, 4) is 40.5 Å². The molecular weight excluding hydrogens is 660 g/mol. The number of nitriles is 2. The van der Waals surface area contributed by atoms with Gasteiger partial charge in [-0.15, -0.1) is 0 Å². The molecule has 0 saturated carbocycles. The summed E-state index contributed by atoms with van der Waals surface area (Å²) in [5, 5.41) is 33.9. The second-order valence-corrected chi connectivity index (χ2v) is 10.2. The summed E-state index contributed by atoms with van der Waals surface area (Å²) in [4.78, 5) is 27.8. The summed E-state index contributed by atoms with van der Waals surface area (Å²) in [6, 6.07) is 9.95. The van der Waals surface area contributed by atoms with Crippen LogP contribution in [-0.2, 0) is 4.79 Å². The van der Waals surface area contributed by atoms with Crippen molar-refractivity contribution in [1.82, 2.24) is 4.98 Å². The van der Waals surface area contributed by atoms with E-state index in [0.717, 1.165) is 11.8 Å². The number of hydrogen-bond acceptors (Lipinski definition) is 11. The molecule has 2 aromatic carbocycles. The summed E-state index contributed by atoms with van der Waals surface area (Å²) in [5.41, 5.74) is 6.20. The number of pyridine rings is 1. The Balaban J connectivity index is 2.04. The average Bonchev–Trinajstić information content (AvgIpc) is 2.91. The van der Waals surface area contributed by atoms with E-state index in [2.05, 4.69) is 42.2 Å². The molecule has 0 aliphatic heterocycles. The number of anilines is 2. The number of nitro benzene ring substituents is 1. The zero-order chi connectivity index (χ0) is 28.9. The van der Waals surface area contributed by atoms with E-state index >= 15 is 0 Å². The minimum atomic E-state index is -0.626. The van der Waals surface area contributed by atoms with Crippen LogP contribution in [0, 0.1) is 32.8 Å². The second-order valence-electron chi connectivity index (χ2n) is 7.44. The van der Waals surface area contributed by atoms with Crippen LogP contribution in [0.4, 0.5) is 17.2 Å². The summed E-state index contributed by atoms with van der Waals surface area (Å²) >= 11 is 7.28. The molecular formula is C24H18Br2N6O6S. The number of methoxy groups -OCH3 is 3. The molecule has 3 aromatic rings. The van der Waals surface area contributed by atoms with E-state index in [9.17, 15) is 25.4 Å². The van der Waals surface area contributed by atoms with E-state index in [1.54, 1.807) is 18.2 Å². The van der Waals surface area contributed by atoms with Crippen LogP contribution < -0.4 is 25.3 Å². The third kappa shape index (κ3) is 6.17. The smallest absolute Gasteiger partial charge is 0.295 e. The molecule has 200 valence electrons. The Morgan fingerprint density at radius 1 is 1.10 bits per heavy atom. The van der Waals surface area contributed by atoms with Crippen LogP contribution in [0.3, 0.4) is 0 Å². The Kier molecular flexibility index (Phi) is 9.58. The Labute approximate surface area is 243 Å². The second kappa shape index (κ2) is 12.7. The largest absolute Gasteiger partial charge is 0.493 e. The molecule has 0 spiro atoms. The third-order valence-corrected chi connectivity index (χ3v) is 7.26. The van der Waals surface area contributed by atoms with Gasteiger partial charge in [0.15, 0.2) is 11.5 Å². The van der Waals surface area contributed by atoms with Crippen LogP contribution in [0.25, 0.3) is 11.1 Å². The molecule has 0 atom stereocenters. The molecule has 1 aromatic heterocycles. The van der Waals surface area contributed by atoms with Gasteiger partial charge >= 0.3 is 0 Å². The highest BCUT2D eigenvalue weighted by molar-refractivity contribution is 9.11. The zero-order valence-corrected chi connectivity index (χ0v) is 24.5. The Bertz CT molecular complexity index is 1550. The molecule has 1 amide bonds. The van der Waals surface area contributed by atoms with Crippen LogP contribution in [0.1, 0.15) is 11.1 Å². The lowest BCUT2D eigenvalue weighted by Gasteiger charge is -2.17. The molecule has 0 aliphatic carbocycles. The zero-order valence-electron chi connectivity index (χ0n) is 20.5. The molecule has 3 rings (SSSR count). The van der Waals surface area contributed by atoms with Crippen molar-refractivity contribution in [1.29, 1.82) is 10.5 Å². The molecule has 0 unspecified atom stereocenters. The molecule has 0 radical (unpaired) electrons. The van der Waals surface area contributed by atoms with Gasteiger partial charge in [-0.3, -0.25) is 14.9 Å². The van der Waals surface area contributed by atoms with Crippen LogP contribution in [0.5, 0.6) is 17.2 Å². The fourth-order valence-corrected chi connectivity index (χ4v) is 5.65. The minimum absolute atomic E-state index is 0.0105. The Morgan fingerprint density at radius 3 is 2.23 bits per heavy atom. The first-order valence-corrected chi connectivity index (χ1v) is 13.2. The van der Waals surface area contributed by atoms with Crippen molar-refractivity contribution in [2.45, 2.75) is 5.03 Å². The summed E-state index contributed by atoms with van der Waals surface area (Å²) in [6.07, 6.45) is 0. The van der Waals surface area contributed by atoms with Crippen molar-refractivity contribution in [3.05, 3.63) is 54.5 Å². The SMILES string of the molecule is COc1cc(-c2c(C#N)c(N)nc(SCC(=O)Nc3c(Br)cc(Br)cc3[N+](=O)[O-])c2C#N)cc(OC)c1OC. The molecule has 1 heterocycles. The van der Waals surface area contributed by atoms with Gasteiger partial charge in [0, 0.05) is 20.6 Å². The highest BCUT2D eigenvalue weighted by Crippen LogP contribution is 2.44. The normalized spacial score (nSPS) is 10.2. The number of aromatic nitrogens is 1. The van der Waals surface area contributed by atoms with Gasteiger partial charge < -0.3 is 25.3 Å². The number of benzene rings is 2. The van der Waals surface area contributed by atoms with Crippen LogP contribution in [0.2, 0.25) is 0 Å². The third-order valence-electron chi connectivity index (χ3n) is 5.20. The quantitative estimate of drug-likeness (QED) is 0.171. The van der Waals surface area contributed by atoms with Gasteiger partial charge in [-0.05, 0) is 39.7 Å². The van der Waals surface area contributed by atoms with Crippen molar-refractivity contribution in [2.75, 3.05) is 38.1 Å². The molecule has 39 heavy (non-hydrogen) atoms. The van der Waals surface area contributed by atoms with Gasteiger partial charge in [0.05, 0.1) is 37.6 Å². The highest BCUT2D eigenvalue weighted by atomic mass is 79.9. The van der Waals surface area contributed by atoms with E-state index < -0.39 is 10.8 Å². The topological polar surface area (TPSA) is 186 Å². The summed E-state index contributed by atoms with van der Waals surface area (Å²) in [7, 11) is 4.28. The van der Waals surface area contributed by atoms with E-state index in [1.165, 1.54) is 27.4 Å². The number of rotatable bonds is 9. The van der Waals surface area contributed by atoms with Gasteiger partial charge in [-0.25, -0.2) is 4.98 Å². The number of hydrogen-bond donors (Lipinski definition) is 2. The number of nitro groups is 1. The predicted octanol–water partition coefficient (Wildman–Crippen LogP) is 5.26. The number of amides is 1. The lowest BCUT2D eigenvalue weighted by molar-refractivity contribution is -0.384. The average molecular weight is 678 g/mol. The predicted molar refractivity (Wildman–Crippen MR) is 151 cm³/mol. The Morgan fingerprint density at radius 2 is 1.72 bits per heavy atom. The molecule has 0 saturated heterocycles.